The average Bonchev–Trinajstić information content (AvgIpc) is 2.94. The molecule has 0 radical (unpaired) electrons. The first-order chi connectivity index (χ1) is 12.0. The number of carbonyl (C=O) groups excluding carboxylic acids is 1. The molecule has 2 aromatic rings. The number of hydrogen-bond acceptors (Lipinski definition) is 4. The Morgan fingerprint density at radius 3 is 2.76 bits per heavy atom. The minimum atomic E-state index is -0.740. The van der Waals surface area contributed by atoms with E-state index in [4.69, 9.17) is 4.74 Å². The molecule has 2 heterocycles. The zero-order valence-electron chi connectivity index (χ0n) is 14.8. The van der Waals surface area contributed by atoms with Gasteiger partial charge in [-0.15, -0.1) is 0 Å². The van der Waals surface area contributed by atoms with E-state index >= 15 is 0 Å². The molecule has 6 heteroatoms. The van der Waals surface area contributed by atoms with Crippen LogP contribution in [0.4, 0.5) is 0 Å². The number of hydrogen-bond donors (Lipinski definition) is 2. The highest BCUT2D eigenvalue weighted by Gasteiger charge is 2.38. The van der Waals surface area contributed by atoms with Gasteiger partial charge in [-0.25, -0.2) is 0 Å². The minimum absolute atomic E-state index is 0.0433. The molecule has 1 aliphatic rings. The van der Waals surface area contributed by atoms with Gasteiger partial charge in [0.2, 0.25) is 5.91 Å². The van der Waals surface area contributed by atoms with Gasteiger partial charge in [0, 0.05) is 24.2 Å². The Bertz CT molecular complexity index is 709. The quantitative estimate of drug-likeness (QED) is 0.860. The van der Waals surface area contributed by atoms with Crippen LogP contribution >= 0.6 is 0 Å². The maximum atomic E-state index is 12.8. The molecule has 25 heavy (non-hydrogen) atoms. The van der Waals surface area contributed by atoms with Crippen LogP contribution in [0.2, 0.25) is 0 Å². The summed E-state index contributed by atoms with van der Waals surface area (Å²) in [6, 6.07) is 9.93. The smallest absolute Gasteiger partial charge is 0.227 e. The van der Waals surface area contributed by atoms with E-state index in [0.717, 1.165) is 22.5 Å². The summed E-state index contributed by atoms with van der Waals surface area (Å²) < 4.78 is 5.92. The number of nitrogens with one attached hydrogen (secondary N) is 1. The van der Waals surface area contributed by atoms with E-state index in [1.54, 1.807) is 4.90 Å². The fourth-order valence-corrected chi connectivity index (χ4v) is 3.38. The predicted octanol–water partition coefficient (Wildman–Crippen LogP) is 1.40. The first-order valence-electron chi connectivity index (χ1n) is 8.60. The number of nitrogens with zero attached hydrogens (tertiary/aromatic N) is 2. The number of ether oxygens (including phenoxy) is 1. The number of aromatic nitrogens is 2. The molecule has 0 spiro atoms. The van der Waals surface area contributed by atoms with Crippen LogP contribution in [-0.4, -0.2) is 58.0 Å². The Labute approximate surface area is 147 Å². The molecule has 1 amide bonds. The van der Waals surface area contributed by atoms with Crippen LogP contribution in [0.25, 0.3) is 0 Å². The fourth-order valence-electron chi connectivity index (χ4n) is 3.38. The molecule has 0 bridgehead atoms. The molecule has 1 aromatic heterocycles. The van der Waals surface area contributed by atoms with Gasteiger partial charge in [0.15, 0.2) is 0 Å². The van der Waals surface area contributed by atoms with Crippen LogP contribution < -0.4 is 0 Å². The van der Waals surface area contributed by atoms with Crippen molar-refractivity contribution in [1.29, 1.82) is 0 Å². The molecule has 1 saturated heterocycles. The molecule has 0 aliphatic carbocycles. The molecule has 134 valence electrons. The molecular formula is C19H25N3O3. The van der Waals surface area contributed by atoms with E-state index < -0.39 is 5.60 Å². The zero-order valence-corrected chi connectivity index (χ0v) is 14.8. The van der Waals surface area contributed by atoms with E-state index in [2.05, 4.69) is 10.2 Å². The largest absolute Gasteiger partial charge is 0.393 e. The van der Waals surface area contributed by atoms with E-state index in [1.807, 2.05) is 44.2 Å². The monoisotopic (exact) mass is 343 g/mol. The van der Waals surface area contributed by atoms with Crippen LogP contribution in [0, 0.1) is 13.8 Å². The summed E-state index contributed by atoms with van der Waals surface area (Å²) in [5.41, 5.74) is 3.09. The Morgan fingerprint density at radius 2 is 2.12 bits per heavy atom. The molecule has 1 atom stereocenters. The highest BCUT2D eigenvalue weighted by atomic mass is 16.5. The van der Waals surface area contributed by atoms with E-state index in [1.165, 1.54) is 0 Å². The lowest BCUT2D eigenvalue weighted by atomic mass is 9.93. The van der Waals surface area contributed by atoms with Crippen LogP contribution in [0.3, 0.4) is 0 Å². The van der Waals surface area contributed by atoms with Crippen molar-refractivity contribution >= 4 is 5.91 Å². The molecular weight excluding hydrogens is 318 g/mol. The molecule has 1 fully saturated rings. The second-order valence-electron chi connectivity index (χ2n) is 6.76. The van der Waals surface area contributed by atoms with Gasteiger partial charge in [-0.1, -0.05) is 30.3 Å². The number of H-pyrrole nitrogens is 1. The second kappa shape index (κ2) is 7.37. The first kappa shape index (κ1) is 17.6. The number of carbonyl (C=O) groups is 1. The Kier molecular flexibility index (Phi) is 5.20. The predicted molar refractivity (Wildman–Crippen MR) is 94.3 cm³/mol. The van der Waals surface area contributed by atoms with Gasteiger partial charge in [0.25, 0.3) is 0 Å². The molecule has 0 unspecified atom stereocenters. The highest BCUT2D eigenvalue weighted by molar-refractivity contribution is 5.79. The third-order valence-electron chi connectivity index (χ3n) is 4.87. The second-order valence-corrected chi connectivity index (χ2v) is 6.76. The SMILES string of the molecule is Cc1n[nH]c(C)c1CC(=O)N1CCO[C@@](CO)(Cc2ccccc2)C1. The highest BCUT2D eigenvalue weighted by Crippen LogP contribution is 2.24. The third kappa shape index (κ3) is 3.91. The lowest BCUT2D eigenvalue weighted by molar-refractivity contribution is -0.157. The van der Waals surface area contributed by atoms with Crippen molar-refractivity contribution in [3.05, 3.63) is 52.8 Å². The molecule has 1 aromatic carbocycles. The first-order valence-corrected chi connectivity index (χ1v) is 8.60. The fraction of sp³-hybridized carbons (Fsp3) is 0.474. The number of aliphatic hydroxyl groups excluding tert-OH is 1. The van der Waals surface area contributed by atoms with Gasteiger partial charge in [0.05, 0.1) is 31.9 Å². The van der Waals surface area contributed by atoms with Gasteiger partial charge in [-0.2, -0.15) is 5.10 Å². The maximum absolute atomic E-state index is 12.8. The van der Waals surface area contributed by atoms with Crippen molar-refractivity contribution in [2.45, 2.75) is 32.3 Å². The average molecular weight is 343 g/mol. The molecule has 0 saturated carbocycles. The van der Waals surface area contributed by atoms with Crippen molar-refractivity contribution in [2.75, 3.05) is 26.3 Å². The van der Waals surface area contributed by atoms with Crippen molar-refractivity contribution in [3.8, 4) is 0 Å². The van der Waals surface area contributed by atoms with Gasteiger partial charge in [0.1, 0.15) is 5.60 Å². The van der Waals surface area contributed by atoms with Crippen LogP contribution in [0.1, 0.15) is 22.5 Å². The van der Waals surface area contributed by atoms with Crippen molar-refractivity contribution < 1.29 is 14.6 Å². The summed E-state index contributed by atoms with van der Waals surface area (Å²) in [6.07, 6.45) is 0.902. The number of amides is 1. The van der Waals surface area contributed by atoms with Crippen LogP contribution in [-0.2, 0) is 22.4 Å². The van der Waals surface area contributed by atoms with E-state index in [-0.39, 0.29) is 12.5 Å². The number of aryl methyl sites for hydroxylation is 2. The summed E-state index contributed by atoms with van der Waals surface area (Å²) in [5, 5.41) is 17.0. The van der Waals surface area contributed by atoms with E-state index in [0.29, 0.717) is 32.5 Å². The normalized spacial score (nSPS) is 20.7. The van der Waals surface area contributed by atoms with Gasteiger partial charge in [-0.3, -0.25) is 9.89 Å². The number of rotatable bonds is 5. The third-order valence-corrected chi connectivity index (χ3v) is 4.87. The number of aromatic amines is 1. The Hall–Kier alpha value is -2.18. The molecule has 6 nitrogen and oxygen atoms in total. The number of aliphatic hydroxyl groups is 1. The maximum Gasteiger partial charge on any atom is 0.227 e. The van der Waals surface area contributed by atoms with Gasteiger partial charge in [-0.05, 0) is 19.4 Å². The number of morpholine rings is 1. The Morgan fingerprint density at radius 1 is 1.36 bits per heavy atom. The van der Waals surface area contributed by atoms with Crippen molar-refractivity contribution in [1.82, 2.24) is 15.1 Å². The van der Waals surface area contributed by atoms with E-state index in [9.17, 15) is 9.90 Å². The van der Waals surface area contributed by atoms with Gasteiger partial charge < -0.3 is 14.7 Å². The van der Waals surface area contributed by atoms with Crippen molar-refractivity contribution in [3.63, 3.8) is 0 Å². The molecule has 3 rings (SSSR count). The van der Waals surface area contributed by atoms with Gasteiger partial charge >= 0.3 is 0 Å². The van der Waals surface area contributed by atoms with Crippen molar-refractivity contribution in [2.24, 2.45) is 0 Å². The summed E-state index contributed by atoms with van der Waals surface area (Å²) in [5.74, 6) is 0.0433. The zero-order chi connectivity index (χ0) is 17.9. The van der Waals surface area contributed by atoms with Crippen LogP contribution in [0.15, 0.2) is 30.3 Å². The minimum Gasteiger partial charge on any atom is -0.393 e. The topological polar surface area (TPSA) is 78.5 Å². The lowest BCUT2D eigenvalue weighted by Gasteiger charge is -2.42. The van der Waals surface area contributed by atoms with Crippen LogP contribution in [0.5, 0.6) is 0 Å². The Balaban J connectivity index is 1.71. The molecule has 1 aliphatic heterocycles. The summed E-state index contributed by atoms with van der Waals surface area (Å²) in [6.45, 7) is 5.09. The number of benzene rings is 1. The summed E-state index contributed by atoms with van der Waals surface area (Å²) in [7, 11) is 0. The lowest BCUT2D eigenvalue weighted by Crippen LogP contribution is -2.57. The summed E-state index contributed by atoms with van der Waals surface area (Å²) >= 11 is 0. The summed E-state index contributed by atoms with van der Waals surface area (Å²) in [4.78, 5) is 14.6. The molecule has 2 N–H and O–H groups in total. The standard InChI is InChI=1S/C19H25N3O3/c1-14-17(15(2)21-20-14)10-18(24)22-8-9-25-19(12-22,13-23)11-16-6-4-3-5-7-16/h3-7,23H,8-13H2,1-2H3,(H,20,21)/t19-/m0/s1.